The van der Waals surface area contributed by atoms with Crippen LogP contribution in [0.25, 0.3) is 16.3 Å². The van der Waals surface area contributed by atoms with E-state index in [0.717, 1.165) is 51.6 Å². The van der Waals surface area contributed by atoms with Gasteiger partial charge in [-0.1, -0.05) is 54.6 Å². The molecule has 0 unspecified atom stereocenters. The van der Waals surface area contributed by atoms with Gasteiger partial charge in [0.15, 0.2) is 17.3 Å². The molecule has 1 aliphatic carbocycles. The predicted molar refractivity (Wildman–Crippen MR) is 145 cm³/mol. The van der Waals surface area contributed by atoms with Gasteiger partial charge in [0.05, 0.1) is 18.2 Å². The summed E-state index contributed by atoms with van der Waals surface area (Å²) in [4.78, 5) is 26.0. The van der Waals surface area contributed by atoms with Crippen LogP contribution in [-0.4, -0.2) is 18.4 Å². The summed E-state index contributed by atoms with van der Waals surface area (Å²) in [5.74, 6) is 0.555. The van der Waals surface area contributed by atoms with E-state index >= 15 is 0 Å². The van der Waals surface area contributed by atoms with Crippen LogP contribution in [0.15, 0.2) is 90.5 Å². The number of nitrogens with one attached hydrogen (secondary N) is 1. The number of benzene rings is 4. The molecule has 2 aliphatic rings. The molecule has 0 bridgehead atoms. The van der Waals surface area contributed by atoms with Gasteiger partial charge >= 0.3 is 5.97 Å². The van der Waals surface area contributed by atoms with Crippen molar-refractivity contribution in [3.63, 3.8) is 0 Å². The summed E-state index contributed by atoms with van der Waals surface area (Å²) >= 11 is 0. The Hall–Kier alpha value is -4.38. The number of rotatable bonds is 5. The summed E-state index contributed by atoms with van der Waals surface area (Å²) in [6, 6.07) is 26.7. The van der Waals surface area contributed by atoms with Gasteiger partial charge in [0, 0.05) is 23.2 Å². The first-order chi connectivity index (χ1) is 18.1. The maximum absolute atomic E-state index is 13.3. The van der Waals surface area contributed by atoms with E-state index in [1.807, 2.05) is 37.3 Å². The van der Waals surface area contributed by atoms with Gasteiger partial charge in [-0.2, -0.15) is 0 Å². The van der Waals surface area contributed by atoms with Gasteiger partial charge in [0.2, 0.25) is 0 Å². The number of carbonyl (C=O) groups is 2. The number of hydrogen-bond donors (Lipinski definition) is 1. The lowest BCUT2D eigenvalue weighted by Crippen LogP contribution is -2.27. The Balaban J connectivity index is 1.42. The number of carbonyl (C=O) groups excluding carboxylic acids is 2. The highest BCUT2D eigenvalue weighted by molar-refractivity contribution is 6.12. The first-order valence-corrected chi connectivity index (χ1v) is 12.7. The standard InChI is InChI=1S/C32H27NO4/c1-2-36-28-19-22(16-18-27(28)37-32(35)21-10-4-3-5-11-21)31-30-24(13-8-14-26(30)34)29-23-12-7-6-9-20(23)15-17-25(29)33-31/h3-7,9-12,15-19,31,33H,2,8,13-14H2,1H3/t31-/m1/s1. The van der Waals surface area contributed by atoms with Gasteiger partial charge in [-0.3, -0.25) is 4.79 Å². The van der Waals surface area contributed by atoms with Crippen LogP contribution in [0.3, 0.4) is 0 Å². The van der Waals surface area contributed by atoms with Crippen molar-refractivity contribution in [1.29, 1.82) is 0 Å². The van der Waals surface area contributed by atoms with Crippen LogP contribution in [0.2, 0.25) is 0 Å². The molecule has 6 rings (SSSR count). The molecule has 1 atom stereocenters. The fraction of sp³-hybridized carbons (Fsp3) is 0.188. The van der Waals surface area contributed by atoms with E-state index in [9.17, 15) is 9.59 Å². The van der Waals surface area contributed by atoms with E-state index in [1.54, 1.807) is 30.3 Å². The van der Waals surface area contributed by atoms with Gasteiger partial charge in [-0.15, -0.1) is 0 Å². The van der Waals surface area contributed by atoms with Crippen molar-refractivity contribution >= 4 is 33.8 Å². The third-order valence-corrected chi connectivity index (χ3v) is 7.09. The van der Waals surface area contributed by atoms with Crippen LogP contribution >= 0.6 is 0 Å². The molecule has 0 amide bonds. The maximum Gasteiger partial charge on any atom is 0.343 e. The lowest BCUT2D eigenvalue weighted by molar-refractivity contribution is -0.116. The van der Waals surface area contributed by atoms with Gasteiger partial charge < -0.3 is 14.8 Å². The minimum atomic E-state index is -0.446. The van der Waals surface area contributed by atoms with Crippen molar-refractivity contribution in [3.05, 3.63) is 107 Å². The van der Waals surface area contributed by atoms with E-state index in [4.69, 9.17) is 9.47 Å². The summed E-state index contributed by atoms with van der Waals surface area (Å²) in [5, 5.41) is 5.97. The van der Waals surface area contributed by atoms with E-state index in [0.29, 0.717) is 30.1 Å². The summed E-state index contributed by atoms with van der Waals surface area (Å²) < 4.78 is 11.6. The van der Waals surface area contributed by atoms with E-state index < -0.39 is 5.97 Å². The van der Waals surface area contributed by atoms with Gasteiger partial charge in [0.1, 0.15) is 0 Å². The minimum Gasteiger partial charge on any atom is -0.490 e. The van der Waals surface area contributed by atoms with Gasteiger partial charge in [-0.25, -0.2) is 4.79 Å². The molecule has 0 saturated heterocycles. The predicted octanol–water partition coefficient (Wildman–Crippen LogP) is 7.13. The Morgan fingerprint density at radius 1 is 0.919 bits per heavy atom. The smallest absolute Gasteiger partial charge is 0.343 e. The fourth-order valence-corrected chi connectivity index (χ4v) is 5.44. The number of fused-ring (bicyclic) bond motifs is 4. The molecule has 4 aromatic rings. The molecule has 0 saturated carbocycles. The molecule has 184 valence electrons. The summed E-state index contributed by atoms with van der Waals surface area (Å²) in [6.45, 7) is 2.31. The maximum atomic E-state index is 13.3. The number of hydrogen-bond acceptors (Lipinski definition) is 5. The third-order valence-electron chi connectivity index (χ3n) is 7.09. The molecule has 5 nitrogen and oxygen atoms in total. The molecule has 0 spiro atoms. The second-order valence-corrected chi connectivity index (χ2v) is 9.35. The van der Waals surface area contributed by atoms with E-state index in [2.05, 4.69) is 29.6 Å². The highest BCUT2D eigenvalue weighted by Crippen LogP contribution is 2.48. The van der Waals surface area contributed by atoms with E-state index in [-0.39, 0.29) is 11.8 Å². The second-order valence-electron chi connectivity index (χ2n) is 9.35. The average molecular weight is 490 g/mol. The molecule has 0 aromatic heterocycles. The largest absolute Gasteiger partial charge is 0.490 e. The van der Waals surface area contributed by atoms with Crippen molar-refractivity contribution in [2.24, 2.45) is 0 Å². The zero-order chi connectivity index (χ0) is 25.4. The SMILES string of the molecule is CCOc1cc([C@H]2Nc3ccc4ccccc4c3C3=C2C(=O)CCC3)ccc1OC(=O)c1ccccc1. The lowest BCUT2D eigenvalue weighted by Gasteiger charge is -2.35. The lowest BCUT2D eigenvalue weighted by atomic mass is 9.77. The number of anilines is 1. The molecule has 0 fully saturated rings. The monoisotopic (exact) mass is 489 g/mol. The highest BCUT2D eigenvalue weighted by atomic mass is 16.6. The molecule has 0 radical (unpaired) electrons. The van der Waals surface area contributed by atoms with Crippen LogP contribution in [0.4, 0.5) is 5.69 Å². The molecule has 5 heteroatoms. The minimum absolute atomic E-state index is 0.176. The number of ether oxygens (including phenoxy) is 2. The molecule has 37 heavy (non-hydrogen) atoms. The molecule has 1 N–H and O–H groups in total. The first-order valence-electron chi connectivity index (χ1n) is 12.7. The van der Waals surface area contributed by atoms with Crippen LogP contribution in [0.5, 0.6) is 11.5 Å². The molecule has 1 aliphatic heterocycles. The third kappa shape index (κ3) is 4.16. The van der Waals surface area contributed by atoms with Crippen LogP contribution in [-0.2, 0) is 4.79 Å². The summed E-state index contributed by atoms with van der Waals surface area (Å²) in [5.41, 5.74) is 5.47. The Morgan fingerprint density at radius 3 is 2.57 bits per heavy atom. The number of allylic oxidation sites excluding steroid dienone is 1. The van der Waals surface area contributed by atoms with Crippen LogP contribution < -0.4 is 14.8 Å². The second kappa shape index (κ2) is 9.58. The Kier molecular flexibility index (Phi) is 5.97. The van der Waals surface area contributed by atoms with E-state index in [1.165, 1.54) is 0 Å². The first kappa shape index (κ1) is 23.0. The number of esters is 1. The Morgan fingerprint density at radius 2 is 1.73 bits per heavy atom. The normalized spacial score (nSPS) is 16.6. The topological polar surface area (TPSA) is 64.6 Å². The molecule has 4 aromatic carbocycles. The molecular formula is C32H27NO4. The van der Waals surface area contributed by atoms with Crippen molar-refractivity contribution < 1.29 is 19.1 Å². The van der Waals surface area contributed by atoms with Crippen molar-refractivity contribution in [3.8, 4) is 11.5 Å². The molecule has 1 heterocycles. The van der Waals surface area contributed by atoms with Crippen molar-refractivity contribution in [1.82, 2.24) is 0 Å². The highest BCUT2D eigenvalue weighted by Gasteiger charge is 2.35. The molecular weight excluding hydrogens is 462 g/mol. The van der Waals surface area contributed by atoms with Crippen molar-refractivity contribution in [2.75, 3.05) is 11.9 Å². The zero-order valence-corrected chi connectivity index (χ0v) is 20.6. The summed E-state index contributed by atoms with van der Waals surface area (Å²) in [6.07, 6.45) is 2.26. The van der Waals surface area contributed by atoms with Gasteiger partial charge in [-0.05, 0) is 72.0 Å². The summed E-state index contributed by atoms with van der Waals surface area (Å²) in [7, 11) is 0. The number of Topliss-reactive ketones (excluding diaryl/α,β-unsaturated/α-hetero) is 1. The van der Waals surface area contributed by atoms with Gasteiger partial charge in [0.25, 0.3) is 0 Å². The quantitative estimate of drug-likeness (QED) is 0.239. The Bertz CT molecular complexity index is 1550. The zero-order valence-electron chi connectivity index (χ0n) is 20.6. The Labute approximate surface area is 215 Å². The van der Waals surface area contributed by atoms with Crippen LogP contribution in [0, 0.1) is 0 Å². The average Bonchev–Trinajstić information content (AvgIpc) is 2.94. The van der Waals surface area contributed by atoms with Crippen molar-refractivity contribution in [2.45, 2.75) is 32.2 Å². The van der Waals surface area contributed by atoms with Crippen LogP contribution in [0.1, 0.15) is 53.7 Å². The number of ketones is 1. The fourth-order valence-electron chi connectivity index (χ4n) is 5.44.